The van der Waals surface area contributed by atoms with Crippen molar-refractivity contribution >= 4 is 54.8 Å². The molecule has 0 fully saturated rings. The van der Waals surface area contributed by atoms with E-state index in [0.29, 0.717) is 16.9 Å². The number of nitrogen functional groups attached to an aromatic ring is 1. The van der Waals surface area contributed by atoms with E-state index in [4.69, 9.17) is 11.5 Å². The lowest BCUT2D eigenvalue weighted by atomic mass is 10.1. The van der Waals surface area contributed by atoms with Crippen LogP contribution >= 0.6 is 31.9 Å². The normalized spacial score (nSPS) is 10.2. The third-order valence-corrected chi connectivity index (χ3v) is 3.73. The summed E-state index contributed by atoms with van der Waals surface area (Å²) >= 11 is 6.83. The molecule has 0 aliphatic heterocycles. The molecule has 0 bridgehead atoms. The van der Waals surface area contributed by atoms with Gasteiger partial charge in [-0.25, -0.2) is 0 Å². The van der Waals surface area contributed by atoms with Crippen LogP contribution in [0, 0.1) is 0 Å². The fourth-order valence-electron chi connectivity index (χ4n) is 1.64. The molecule has 2 rings (SSSR count). The largest absolute Gasteiger partial charge is 0.397 e. The maximum absolute atomic E-state index is 11.4. The van der Waals surface area contributed by atoms with Gasteiger partial charge in [-0.3, -0.25) is 4.79 Å². The molecule has 2 aromatic carbocycles. The van der Waals surface area contributed by atoms with Crippen LogP contribution in [0.4, 0.5) is 17.1 Å². The molecule has 4 nitrogen and oxygen atoms in total. The Bertz CT molecular complexity index is 644. The predicted molar refractivity (Wildman–Crippen MR) is 84.5 cm³/mol. The smallest absolute Gasteiger partial charge is 0.250 e. The first kappa shape index (κ1) is 13.9. The van der Waals surface area contributed by atoms with E-state index < -0.39 is 5.91 Å². The van der Waals surface area contributed by atoms with E-state index in [9.17, 15) is 4.79 Å². The quantitative estimate of drug-likeness (QED) is 0.706. The van der Waals surface area contributed by atoms with Crippen molar-refractivity contribution in [2.75, 3.05) is 11.1 Å². The van der Waals surface area contributed by atoms with E-state index in [2.05, 4.69) is 37.2 Å². The van der Waals surface area contributed by atoms with Crippen LogP contribution in [-0.2, 0) is 0 Å². The van der Waals surface area contributed by atoms with Gasteiger partial charge in [0.2, 0.25) is 0 Å². The first-order valence-electron chi connectivity index (χ1n) is 5.39. The Morgan fingerprint density at radius 3 is 2.58 bits per heavy atom. The van der Waals surface area contributed by atoms with Gasteiger partial charge in [0.15, 0.2) is 0 Å². The van der Waals surface area contributed by atoms with Crippen molar-refractivity contribution in [2.24, 2.45) is 5.73 Å². The molecule has 0 saturated heterocycles. The number of primary amides is 1. The zero-order valence-electron chi connectivity index (χ0n) is 9.78. The van der Waals surface area contributed by atoms with Gasteiger partial charge < -0.3 is 16.8 Å². The van der Waals surface area contributed by atoms with Gasteiger partial charge in [-0.1, -0.05) is 22.0 Å². The summed E-state index contributed by atoms with van der Waals surface area (Å²) in [5.41, 5.74) is 13.4. The third-order valence-electron chi connectivity index (χ3n) is 2.55. The van der Waals surface area contributed by atoms with Crippen LogP contribution in [0.2, 0.25) is 0 Å². The second-order valence-corrected chi connectivity index (χ2v) is 5.65. The number of amides is 1. The highest BCUT2D eigenvalue weighted by molar-refractivity contribution is 9.11. The van der Waals surface area contributed by atoms with Crippen molar-refractivity contribution in [2.45, 2.75) is 0 Å². The molecule has 98 valence electrons. The summed E-state index contributed by atoms with van der Waals surface area (Å²) in [5, 5.41) is 3.13. The Kier molecular flexibility index (Phi) is 4.11. The van der Waals surface area contributed by atoms with Gasteiger partial charge in [-0.05, 0) is 46.3 Å². The molecule has 0 aliphatic rings. The lowest BCUT2D eigenvalue weighted by Crippen LogP contribution is -2.14. The lowest BCUT2D eigenvalue weighted by Gasteiger charge is -2.14. The molecule has 0 spiro atoms. The average Bonchev–Trinajstić information content (AvgIpc) is 2.35. The molecule has 0 saturated carbocycles. The van der Waals surface area contributed by atoms with Crippen molar-refractivity contribution in [3.8, 4) is 0 Å². The predicted octanol–water partition coefficient (Wildman–Crippen LogP) is 3.64. The molecule has 2 aromatic rings. The van der Waals surface area contributed by atoms with Crippen molar-refractivity contribution < 1.29 is 4.79 Å². The van der Waals surface area contributed by atoms with E-state index in [1.165, 1.54) is 0 Å². The van der Waals surface area contributed by atoms with Gasteiger partial charge in [-0.15, -0.1) is 0 Å². The van der Waals surface area contributed by atoms with E-state index >= 15 is 0 Å². The lowest BCUT2D eigenvalue weighted by molar-refractivity contribution is 0.100. The summed E-state index contributed by atoms with van der Waals surface area (Å²) in [5.74, 6) is -0.527. The van der Waals surface area contributed by atoms with Crippen molar-refractivity contribution in [3.05, 3.63) is 50.9 Å². The number of hydrogen-bond donors (Lipinski definition) is 3. The summed E-state index contributed by atoms with van der Waals surface area (Å²) in [4.78, 5) is 11.4. The topological polar surface area (TPSA) is 81.1 Å². The third kappa shape index (κ3) is 3.08. The van der Waals surface area contributed by atoms with Crippen LogP contribution in [0.5, 0.6) is 0 Å². The second-order valence-electron chi connectivity index (χ2n) is 3.88. The minimum absolute atomic E-state index is 0.354. The molecule has 6 heteroatoms. The highest BCUT2D eigenvalue weighted by atomic mass is 79.9. The van der Waals surface area contributed by atoms with Gasteiger partial charge in [-0.2, -0.15) is 0 Å². The summed E-state index contributed by atoms with van der Waals surface area (Å²) < 4.78 is 1.77. The van der Waals surface area contributed by atoms with Crippen LogP contribution in [-0.4, -0.2) is 5.91 Å². The van der Waals surface area contributed by atoms with Crippen LogP contribution in [0.25, 0.3) is 0 Å². The van der Waals surface area contributed by atoms with E-state index in [-0.39, 0.29) is 0 Å². The molecule has 1 amide bonds. The number of nitrogens with two attached hydrogens (primary N) is 2. The highest BCUT2D eigenvalue weighted by Gasteiger charge is 2.12. The highest BCUT2D eigenvalue weighted by Crippen LogP contribution is 2.32. The van der Waals surface area contributed by atoms with Gasteiger partial charge in [0.1, 0.15) is 0 Å². The van der Waals surface area contributed by atoms with Gasteiger partial charge in [0.05, 0.1) is 22.6 Å². The number of halogens is 2. The molecular weight excluding hydrogens is 374 g/mol. The Balaban J connectivity index is 2.49. The molecule has 0 unspecified atom stereocenters. The molecule has 0 aliphatic carbocycles. The first-order valence-corrected chi connectivity index (χ1v) is 6.98. The van der Waals surface area contributed by atoms with Gasteiger partial charge in [0, 0.05) is 8.95 Å². The monoisotopic (exact) mass is 383 g/mol. The summed E-state index contributed by atoms with van der Waals surface area (Å²) in [6, 6.07) is 10.7. The summed E-state index contributed by atoms with van der Waals surface area (Å²) in [6.45, 7) is 0. The van der Waals surface area contributed by atoms with E-state index in [0.717, 1.165) is 14.6 Å². The van der Waals surface area contributed by atoms with Gasteiger partial charge in [0.25, 0.3) is 5.91 Å². The zero-order chi connectivity index (χ0) is 14.0. The van der Waals surface area contributed by atoms with Gasteiger partial charge >= 0.3 is 0 Å². The van der Waals surface area contributed by atoms with Crippen molar-refractivity contribution in [1.82, 2.24) is 0 Å². The van der Waals surface area contributed by atoms with Crippen molar-refractivity contribution in [1.29, 1.82) is 0 Å². The Hall–Kier alpha value is -1.53. The zero-order valence-corrected chi connectivity index (χ0v) is 13.0. The number of carbonyl (C=O) groups is 1. The fourth-order valence-corrected chi connectivity index (χ4v) is 2.35. The fraction of sp³-hybridized carbons (Fsp3) is 0. The summed E-state index contributed by atoms with van der Waals surface area (Å²) in [6.07, 6.45) is 0. The first-order chi connectivity index (χ1) is 8.99. The molecule has 0 heterocycles. The Morgan fingerprint density at radius 2 is 1.89 bits per heavy atom. The number of hydrogen-bond acceptors (Lipinski definition) is 3. The average molecular weight is 385 g/mol. The van der Waals surface area contributed by atoms with Crippen LogP contribution in [0.15, 0.2) is 45.3 Å². The van der Waals surface area contributed by atoms with Crippen molar-refractivity contribution in [3.63, 3.8) is 0 Å². The Morgan fingerprint density at radius 1 is 1.16 bits per heavy atom. The number of carbonyl (C=O) groups excluding carboxylic acids is 1. The minimum Gasteiger partial charge on any atom is -0.397 e. The molecule has 19 heavy (non-hydrogen) atoms. The van der Waals surface area contributed by atoms with E-state index in [1.807, 2.05) is 18.2 Å². The molecular formula is C13H11Br2N3O. The molecule has 0 radical (unpaired) electrons. The molecule has 5 N–H and O–H groups in total. The standard InChI is InChI=1S/C13H11Br2N3O/c14-7-4-5-9(15)11(6-7)18-12-8(13(17)19)2-1-3-10(12)16/h1-6,18H,16H2,(H2,17,19). The second kappa shape index (κ2) is 5.63. The maximum atomic E-state index is 11.4. The number of rotatable bonds is 3. The van der Waals surface area contributed by atoms with Crippen LogP contribution < -0.4 is 16.8 Å². The number of para-hydroxylation sites is 1. The van der Waals surface area contributed by atoms with Crippen LogP contribution in [0.1, 0.15) is 10.4 Å². The van der Waals surface area contributed by atoms with E-state index in [1.54, 1.807) is 18.2 Å². The Labute approximate surface area is 127 Å². The molecule has 0 aromatic heterocycles. The SMILES string of the molecule is NC(=O)c1cccc(N)c1Nc1cc(Br)ccc1Br. The maximum Gasteiger partial charge on any atom is 0.250 e. The summed E-state index contributed by atoms with van der Waals surface area (Å²) in [7, 11) is 0. The molecule has 0 atom stereocenters. The number of anilines is 3. The minimum atomic E-state index is -0.527. The number of nitrogens with one attached hydrogen (secondary N) is 1. The number of benzene rings is 2. The van der Waals surface area contributed by atoms with Crippen LogP contribution in [0.3, 0.4) is 0 Å².